The minimum absolute atomic E-state index is 0.0107. The topological polar surface area (TPSA) is 112 Å². The van der Waals surface area contributed by atoms with Crippen molar-refractivity contribution < 1.29 is 18.7 Å². The third-order valence-electron chi connectivity index (χ3n) is 3.96. The number of halogens is 1. The number of nitrogens with zero attached hydrogens (tertiary/aromatic N) is 2. The molecule has 0 saturated heterocycles. The molecule has 0 spiro atoms. The lowest BCUT2D eigenvalue weighted by Gasteiger charge is -2.06. The molecule has 9 heteroatoms. The zero-order valence-electron chi connectivity index (χ0n) is 15.4. The number of benzene rings is 1. The summed E-state index contributed by atoms with van der Waals surface area (Å²) < 4.78 is 12.7. The number of aromatic nitrogens is 2. The molecule has 0 atom stereocenters. The van der Waals surface area contributed by atoms with E-state index in [2.05, 4.69) is 10.4 Å². The summed E-state index contributed by atoms with van der Waals surface area (Å²) >= 11 is 5.99. The van der Waals surface area contributed by atoms with Crippen molar-refractivity contribution in [2.75, 3.05) is 5.32 Å². The summed E-state index contributed by atoms with van der Waals surface area (Å²) in [5.74, 6) is -0.0638. The van der Waals surface area contributed by atoms with E-state index < -0.39 is 11.8 Å². The lowest BCUT2D eigenvalue weighted by atomic mass is 10.2. The highest BCUT2D eigenvalue weighted by Gasteiger charge is 2.19. The Bertz CT molecular complexity index is 1020. The maximum absolute atomic E-state index is 12.4. The van der Waals surface area contributed by atoms with Crippen molar-refractivity contribution in [1.29, 1.82) is 0 Å². The van der Waals surface area contributed by atoms with E-state index in [0.29, 0.717) is 23.1 Å². The van der Waals surface area contributed by atoms with Gasteiger partial charge in [-0.3, -0.25) is 14.3 Å². The number of furan rings is 1. The molecule has 28 heavy (non-hydrogen) atoms. The fourth-order valence-corrected chi connectivity index (χ4v) is 2.60. The Labute approximate surface area is 166 Å². The molecule has 0 aliphatic heterocycles. The number of hydrogen-bond acceptors (Lipinski definition) is 5. The van der Waals surface area contributed by atoms with Gasteiger partial charge in [0, 0.05) is 17.8 Å². The van der Waals surface area contributed by atoms with Crippen molar-refractivity contribution in [3.8, 4) is 5.75 Å². The van der Waals surface area contributed by atoms with Crippen LogP contribution in [0.25, 0.3) is 0 Å². The Kier molecular flexibility index (Phi) is 5.70. The molecule has 3 N–H and O–H groups in total. The number of carbonyl (C=O) groups excluding carboxylic acids is 2. The van der Waals surface area contributed by atoms with Gasteiger partial charge >= 0.3 is 0 Å². The lowest BCUT2D eigenvalue weighted by Crippen LogP contribution is -2.17. The maximum Gasteiger partial charge on any atom is 0.291 e. The van der Waals surface area contributed by atoms with Crippen molar-refractivity contribution in [2.45, 2.75) is 27.0 Å². The lowest BCUT2D eigenvalue weighted by molar-refractivity contribution is 0.0992. The van der Waals surface area contributed by atoms with Crippen molar-refractivity contribution in [1.82, 2.24) is 9.78 Å². The van der Waals surface area contributed by atoms with Crippen LogP contribution < -0.4 is 15.8 Å². The normalized spacial score (nSPS) is 10.7. The highest BCUT2D eigenvalue weighted by Crippen LogP contribution is 2.22. The average Bonchev–Trinajstić information content (AvgIpc) is 3.29. The number of nitrogens with two attached hydrogens (primary N) is 1. The van der Waals surface area contributed by atoms with E-state index in [4.69, 9.17) is 26.5 Å². The first-order valence-electron chi connectivity index (χ1n) is 8.53. The number of primary amides is 1. The molecule has 0 unspecified atom stereocenters. The Morgan fingerprint density at radius 1 is 1.32 bits per heavy atom. The third kappa shape index (κ3) is 4.34. The maximum atomic E-state index is 12.4. The fraction of sp³-hybridized carbons (Fsp3) is 0.211. The Morgan fingerprint density at radius 3 is 2.79 bits per heavy atom. The highest BCUT2D eigenvalue weighted by molar-refractivity contribution is 6.31. The summed E-state index contributed by atoms with van der Waals surface area (Å²) in [6, 6.07) is 8.48. The number of nitrogens with one attached hydrogen (secondary N) is 1. The van der Waals surface area contributed by atoms with Crippen LogP contribution in [0.3, 0.4) is 0 Å². The summed E-state index contributed by atoms with van der Waals surface area (Å²) in [7, 11) is 0. The predicted octanol–water partition coefficient (Wildman–Crippen LogP) is 3.39. The van der Waals surface area contributed by atoms with E-state index in [9.17, 15) is 9.59 Å². The Balaban J connectivity index is 1.66. The number of carbonyl (C=O) groups is 2. The molecule has 2 heterocycles. The second-order valence-corrected chi connectivity index (χ2v) is 6.44. The van der Waals surface area contributed by atoms with Gasteiger partial charge < -0.3 is 20.2 Å². The number of hydrogen-bond donors (Lipinski definition) is 2. The van der Waals surface area contributed by atoms with Crippen molar-refractivity contribution >= 4 is 29.1 Å². The van der Waals surface area contributed by atoms with E-state index in [1.54, 1.807) is 18.2 Å². The van der Waals surface area contributed by atoms with E-state index in [1.807, 2.05) is 19.9 Å². The van der Waals surface area contributed by atoms with Gasteiger partial charge in [0.2, 0.25) is 0 Å². The molecule has 0 fully saturated rings. The van der Waals surface area contributed by atoms with E-state index >= 15 is 0 Å². The molecule has 8 nitrogen and oxygen atoms in total. The van der Waals surface area contributed by atoms with E-state index in [-0.39, 0.29) is 23.7 Å². The van der Waals surface area contributed by atoms with Crippen LogP contribution in [0.5, 0.6) is 5.75 Å². The van der Waals surface area contributed by atoms with Gasteiger partial charge in [0.25, 0.3) is 11.8 Å². The van der Waals surface area contributed by atoms with Crippen LogP contribution in [0.15, 0.2) is 40.9 Å². The number of amides is 2. The van der Waals surface area contributed by atoms with Crippen LogP contribution in [0, 0.1) is 6.92 Å². The van der Waals surface area contributed by atoms with Gasteiger partial charge in [-0.25, -0.2) is 0 Å². The summed E-state index contributed by atoms with van der Waals surface area (Å²) in [6.07, 6.45) is 1.54. The largest absolute Gasteiger partial charge is 0.486 e. The van der Waals surface area contributed by atoms with Crippen LogP contribution >= 0.6 is 11.6 Å². The van der Waals surface area contributed by atoms with Crippen LogP contribution in [-0.2, 0) is 13.2 Å². The summed E-state index contributed by atoms with van der Waals surface area (Å²) in [4.78, 5) is 23.9. The van der Waals surface area contributed by atoms with Gasteiger partial charge in [-0.1, -0.05) is 11.6 Å². The van der Waals surface area contributed by atoms with Crippen LogP contribution in [-0.4, -0.2) is 21.6 Å². The van der Waals surface area contributed by atoms with Gasteiger partial charge in [0.05, 0.1) is 5.69 Å². The minimum Gasteiger partial charge on any atom is -0.486 e. The van der Waals surface area contributed by atoms with Gasteiger partial charge in [-0.05, 0) is 49.7 Å². The summed E-state index contributed by atoms with van der Waals surface area (Å²) in [5.41, 5.74) is 6.42. The molecule has 3 rings (SSSR count). The first-order chi connectivity index (χ1) is 13.4. The van der Waals surface area contributed by atoms with Crippen LogP contribution in [0.1, 0.15) is 39.3 Å². The SMILES string of the molecule is CCn1cc(NC(=O)c2ccc(COc3ccc(Cl)c(C)c3)o2)c(C(N)=O)n1. The number of ether oxygens (including phenoxy) is 1. The quantitative estimate of drug-likeness (QED) is 0.629. The molecule has 2 amide bonds. The number of aryl methyl sites for hydroxylation is 2. The standard InChI is InChI=1S/C19H19ClN4O4/c1-3-24-9-15(17(23-24)18(21)25)22-19(26)16-7-5-13(28-16)10-27-12-4-6-14(20)11(2)8-12/h4-9H,3,10H2,1-2H3,(H2,21,25)(H,22,26). The van der Waals surface area contributed by atoms with Crippen molar-refractivity contribution in [3.63, 3.8) is 0 Å². The fourth-order valence-electron chi connectivity index (χ4n) is 2.48. The number of anilines is 1. The smallest absolute Gasteiger partial charge is 0.291 e. The Morgan fingerprint density at radius 2 is 2.11 bits per heavy atom. The third-order valence-corrected chi connectivity index (χ3v) is 4.39. The van der Waals surface area contributed by atoms with E-state index in [1.165, 1.54) is 16.9 Å². The van der Waals surface area contributed by atoms with E-state index in [0.717, 1.165) is 5.56 Å². The van der Waals surface area contributed by atoms with Gasteiger partial charge in [0.15, 0.2) is 11.5 Å². The number of rotatable bonds is 7. The zero-order chi connectivity index (χ0) is 20.3. The van der Waals surface area contributed by atoms with Crippen molar-refractivity contribution in [3.05, 3.63) is 64.3 Å². The monoisotopic (exact) mass is 402 g/mol. The second kappa shape index (κ2) is 8.18. The molecule has 3 aromatic rings. The Hall–Kier alpha value is -3.26. The molecular weight excluding hydrogens is 384 g/mol. The highest BCUT2D eigenvalue weighted by atomic mass is 35.5. The molecule has 0 aliphatic carbocycles. The molecule has 0 saturated carbocycles. The molecule has 146 valence electrons. The summed E-state index contributed by atoms with van der Waals surface area (Å²) in [5, 5.41) is 7.27. The molecular formula is C19H19ClN4O4. The first-order valence-corrected chi connectivity index (χ1v) is 8.91. The van der Waals surface area contributed by atoms with Gasteiger partial charge in [-0.2, -0.15) is 5.10 Å². The van der Waals surface area contributed by atoms with Gasteiger partial charge in [0.1, 0.15) is 18.1 Å². The second-order valence-electron chi connectivity index (χ2n) is 6.03. The van der Waals surface area contributed by atoms with Crippen LogP contribution in [0.2, 0.25) is 5.02 Å². The zero-order valence-corrected chi connectivity index (χ0v) is 16.1. The molecule has 0 bridgehead atoms. The summed E-state index contributed by atoms with van der Waals surface area (Å²) in [6.45, 7) is 4.41. The molecule has 1 aromatic carbocycles. The van der Waals surface area contributed by atoms with Gasteiger partial charge in [-0.15, -0.1) is 0 Å². The first kappa shape index (κ1) is 19.5. The average molecular weight is 403 g/mol. The van der Waals surface area contributed by atoms with Crippen LogP contribution in [0.4, 0.5) is 5.69 Å². The molecule has 0 aliphatic rings. The molecule has 2 aromatic heterocycles. The minimum atomic E-state index is -0.728. The molecule has 0 radical (unpaired) electrons. The van der Waals surface area contributed by atoms with Crippen molar-refractivity contribution in [2.24, 2.45) is 5.73 Å². The predicted molar refractivity (Wildman–Crippen MR) is 104 cm³/mol.